The molecule has 0 bridgehead atoms. The molecule has 0 fully saturated rings. The smallest absolute Gasteiger partial charge is 0.292 e. The van der Waals surface area contributed by atoms with Gasteiger partial charge in [-0.15, -0.1) is 0 Å². The Labute approximate surface area is 169 Å². The van der Waals surface area contributed by atoms with Gasteiger partial charge in [0, 0.05) is 6.04 Å². The SMILES string of the molecule is CC[C@@H](C)n1c(NC(=O)c2ccc(Br)o2)c(C#N)c2nc3ccccc3nc21. The Morgan fingerprint density at radius 3 is 2.61 bits per heavy atom. The highest BCUT2D eigenvalue weighted by Crippen LogP contribution is 2.33. The van der Waals surface area contributed by atoms with Crippen LogP contribution in [-0.2, 0) is 0 Å². The van der Waals surface area contributed by atoms with Crippen molar-refractivity contribution in [2.75, 3.05) is 5.32 Å². The fourth-order valence-electron chi connectivity index (χ4n) is 3.11. The monoisotopic (exact) mass is 437 g/mol. The van der Waals surface area contributed by atoms with Crippen LogP contribution in [0.4, 0.5) is 5.82 Å². The van der Waals surface area contributed by atoms with Crippen LogP contribution in [0, 0.1) is 11.3 Å². The summed E-state index contributed by atoms with van der Waals surface area (Å²) >= 11 is 3.19. The molecule has 1 N–H and O–H groups in total. The lowest BCUT2D eigenvalue weighted by molar-refractivity contribution is 0.0994. The third kappa shape index (κ3) is 2.94. The third-order valence-corrected chi connectivity index (χ3v) is 5.09. The fraction of sp³-hybridized carbons (Fsp3) is 0.200. The minimum atomic E-state index is -0.445. The molecule has 1 aromatic carbocycles. The summed E-state index contributed by atoms with van der Waals surface area (Å²) in [7, 11) is 0. The van der Waals surface area contributed by atoms with Crippen molar-refractivity contribution in [2.24, 2.45) is 0 Å². The van der Waals surface area contributed by atoms with E-state index in [0.29, 0.717) is 27.2 Å². The van der Waals surface area contributed by atoms with E-state index in [2.05, 4.69) is 32.3 Å². The van der Waals surface area contributed by atoms with Gasteiger partial charge in [-0.1, -0.05) is 19.1 Å². The maximum atomic E-state index is 12.7. The highest BCUT2D eigenvalue weighted by atomic mass is 79.9. The maximum absolute atomic E-state index is 12.7. The van der Waals surface area contributed by atoms with Crippen LogP contribution in [0.3, 0.4) is 0 Å². The van der Waals surface area contributed by atoms with Gasteiger partial charge in [-0.25, -0.2) is 9.97 Å². The van der Waals surface area contributed by atoms with E-state index in [-0.39, 0.29) is 17.4 Å². The minimum Gasteiger partial charge on any atom is -0.444 e. The number of fused-ring (bicyclic) bond motifs is 2. The average Bonchev–Trinajstić information content (AvgIpc) is 3.26. The summed E-state index contributed by atoms with van der Waals surface area (Å²) in [6.45, 7) is 4.04. The van der Waals surface area contributed by atoms with E-state index in [1.165, 1.54) is 0 Å². The maximum Gasteiger partial charge on any atom is 0.292 e. The van der Waals surface area contributed by atoms with Crippen molar-refractivity contribution in [1.82, 2.24) is 14.5 Å². The van der Waals surface area contributed by atoms with E-state index >= 15 is 0 Å². The van der Waals surface area contributed by atoms with Crippen LogP contribution in [0.5, 0.6) is 0 Å². The van der Waals surface area contributed by atoms with Gasteiger partial charge in [0.05, 0.1) is 11.0 Å². The number of nitriles is 1. The molecule has 0 radical (unpaired) electrons. The van der Waals surface area contributed by atoms with Gasteiger partial charge < -0.3 is 14.3 Å². The van der Waals surface area contributed by atoms with Gasteiger partial charge in [0.15, 0.2) is 16.1 Å². The molecule has 1 atom stereocenters. The van der Waals surface area contributed by atoms with Crippen molar-refractivity contribution in [3.05, 3.63) is 52.4 Å². The van der Waals surface area contributed by atoms with Gasteiger partial charge in [0.25, 0.3) is 5.91 Å². The Morgan fingerprint density at radius 1 is 1.29 bits per heavy atom. The number of carbonyl (C=O) groups is 1. The van der Waals surface area contributed by atoms with Crippen molar-refractivity contribution in [3.63, 3.8) is 0 Å². The van der Waals surface area contributed by atoms with E-state index < -0.39 is 5.91 Å². The predicted octanol–water partition coefficient (Wildman–Crippen LogP) is 5.03. The zero-order valence-electron chi connectivity index (χ0n) is 15.2. The standard InChI is InChI=1S/C20H16BrN5O2/c1-3-11(2)26-18(25-20(27)15-8-9-16(21)28-15)12(10-22)17-19(26)24-14-7-5-4-6-13(14)23-17/h4-9,11H,3H2,1-2H3,(H,25,27)/t11-/m1/s1. The fourth-order valence-corrected chi connectivity index (χ4v) is 3.42. The molecular weight excluding hydrogens is 422 g/mol. The number of anilines is 1. The van der Waals surface area contributed by atoms with Crippen molar-refractivity contribution in [1.29, 1.82) is 5.26 Å². The second-order valence-corrected chi connectivity index (χ2v) is 7.19. The average molecular weight is 438 g/mol. The molecule has 7 nitrogen and oxygen atoms in total. The van der Waals surface area contributed by atoms with Gasteiger partial charge in [0.1, 0.15) is 23.0 Å². The summed E-state index contributed by atoms with van der Waals surface area (Å²) < 4.78 is 7.65. The number of rotatable bonds is 4. The van der Waals surface area contributed by atoms with Gasteiger partial charge >= 0.3 is 0 Å². The van der Waals surface area contributed by atoms with Crippen LogP contribution < -0.4 is 5.32 Å². The van der Waals surface area contributed by atoms with Gasteiger partial charge in [-0.05, 0) is 53.5 Å². The first-order valence-electron chi connectivity index (χ1n) is 8.81. The molecule has 4 rings (SSSR count). The van der Waals surface area contributed by atoms with E-state index in [1.807, 2.05) is 42.7 Å². The molecular formula is C20H16BrN5O2. The van der Waals surface area contributed by atoms with Crippen molar-refractivity contribution < 1.29 is 9.21 Å². The van der Waals surface area contributed by atoms with Crippen LogP contribution in [0.25, 0.3) is 22.2 Å². The summed E-state index contributed by atoms with van der Waals surface area (Å²) in [5, 5.41) is 12.7. The van der Waals surface area contributed by atoms with Crippen LogP contribution in [-0.4, -0.2) is 20.4 Å². The first kappa shape index (κ1) is 18.2. The lowest BCUT2D eigenvalue weighted by Crippen LogP contribution is -2.17. The number of carbonyl (C=O) groups excluding carboxylic acids is 1. The number of furan rings is 1. The van der Waals surface area contributed by atoms with Crippen LogP contribution in [0.2, 0.25) is 0 Å². The number of nitrogens with one attached hydrogen (secondary N) is 1. The van der Waals surface area contributed by atoms with Crippen LogP contribution >= 0.6 is 15.9 Å². The highest BCUT2D eigenvalue weighted by Gasteiger charge is 2.25. The predicted molar refractivity (Wildman–Crippen MR) is 109 cm³/mol. The molecule has 0 saturated heterocycles. The minimum absolute atomic E-state index is 0.00120. The Kier molecular flexibility index (Phi) is 4.61. The zero-order chi connectivity index (χ0) is 19.8. The molecule has 0 aliphatic carbocycles. The summed E-state index contributed by atoms with van der Waals surface area (Å²) in [6, 6.07) is 12.9. The lowest BCUT2D eigenvalue weighted by atomic mass is 10.2. The number of amides is 1. The number of benzene rings is 1. The van der Waals surface area contributed by atoms with Crippen LogP contribution in [0.1, 0.15) is 42.4 Å². The quantitative estimate of drug-likeness (QED) is 0.482. The van der Waals surface area contributed by atoms with Gasteiger partial charge in [0.2, 0.25) is 0 Å². The molecule has 0 spiro atoms. The van der Waals surface area contributed by atoms with Crippen molar-refractivity contribution in [2.45, 2.75) is 26.3 Å². The summed E-state index contributed by atoms with van der Waals surface area (Å²) in [4.78, 5) is 22.0. The number of nitrogens with zero attached hydrogens (tertiary/aromatic N) is 4. The van der Waals surface area contributed by atoms with E-state index in [0.717, 1.165) is 11.9 Å². The first-order valence-corrected chi connectivity index (χ1v) is 9.60. The Morgan fingerprint density at radius 2 is 2.00 bits per heavy atom. The number of aromatic nitrogens is 3. The van der Waals surface area contributed by atoms with Crippen LogP contribution in [0.15, 0.2) is 45.5 Å². The molecule has 3 aromatic heterocycles. The van der Waals surface area contributed by atoms with E-state index in [4.69, 9.17) is 9.40 Å². The summed E-state index contributed by atoms with van der Waals surface area (Å²) in [5.74, 6) is 0.0709. The van der Waals surface area contributed by atoms with Gasteiger partial charge in [-0.3, -0.25) is 4.79 Å². The molecule has 0 aliphatic rings. The third-order valence-electron chi connectivity index (χ3n) is 4.67. The van der Waals surface area contributed by atoms with Gasteiger partial charge in [-0.2, -0.15) is 5.26 Å². The molecule has 1 amide bonds. The second kappa shape index (κ2) is 7.09. The number of hydrogen-bond donors (Lipinski definition) is 1. The topological polar surface area (TPSA) is 96.7 Å². The Bertz CT molecular complexity index is 1250. The molecule has 4 aromatic rings. The number of para-hydroxylation sites is 2. The Balaban J connectivity index is 1.96. The summed E-state index contributed by atoms with van der Waals surface area (Å²) in [5.41, 5.74) is 2.75. The van der Waals surface area contributed by atoms with Crippen molar-refractivity contribution >= 4 is 49.9 Å². The molecule has 8 heteroatoms. The Hall–Kier alpha value is -3.18. The highest BCUT2D eigenvalue weighted by molar-refractivity contribution is 9.10. The van der Waals surface area contributed by atoms with Crippen molar-refractivity contribution in [3.8, 4) is 6.07 Å². The van der Waals surface area contributed by atoms with E-state index in [9.17, 15) is 10.1 Å². The first-order chi connectivity index (χ1) is 13.5. The molecule has 140 valence electrons. The largest absolute Gasteiger partial charge is 0.444 e. The molecule has 0 aliphatic heterocycles. The molecule has 3 heterocycles. The summed E-state index contributed by atoms with van der Waals surface area (Å²) in [6.07, 6.45) is 0.790. The number of halogens is 1. The van der Waals surface area contributed by atoms with E-state index in [1.54, 1.807) is 12.1 Å². The normalized spacial score (nSPS) is 12.2. The molecule has 0 saturated carbocycles. The zero-order valence-corrected chi connectivity index (χ0v) is 16.8. The second-order valence-electron chi connectivity index (χ2n) is 6.41. The molecule has 0 unspecified atom stereocenters. The molecule has 28 heavy (non-hydrogen) atoms. The lowest BCUT2D eigenvalue weighted by Gasteiger charge is -2.16. The number of hydrogen-bond acceptors (Lipinski definition) is 5.